The summed E-state index contributed by atoms with van der Waals surface area (Å²) in [7, 11) is -3.04. The molecule has 2 saturated heterocycles. The van der Waals surface area contributed by atoms with Crippen molar-refractivity contribution in [3.05, 3.63) is 0 Å². The van der Waals surface area contributed by atoms with Gasteiger partial charge in [-0.3, -0.25) is 4.90 Å². The third-order valence-electron chi connectivity index (χ3n) is 4.68. The van der Waals surface area contributed by atoms with E-state index in [1.54, 1.807) is 4.31 Å². The first-order chi connectivity index (χ1) is 10.1. The van der Waals surface area contributed by atoms with Gasteiger partial charge in [0.05, 0.1) is 5.75 Å². The van der Waals surface area contributed by atoms with Gasteiger partial charge in [0.2, 0.25) is 10.0 Å². The lowest BCUT2D eigenvalue weighted by atomic mass is 10.1. The van der Waals surface area contributed by atoms with Crippen LogP contribution in [0.3, 0.4) is 0 Å². The summed E-state index contributed by atoms with van der Waals surface area (Å²) in [6.45, 7) is 7.69. The maximum atomic E-state index is 12.4. The average molecular weight is 317 g/mol. The Labute approximate surface area is 130 Å². The summed E-state index contributed by atoms with van der Waals surface area (Å²) in [6, 6.07) is 0.460. The van der Waals surface area contributed by atoms with Crippen LogP contribution >= 0.6 is 0 Å². The number of rotatable bonds is 8. The Morgan fingerprint density at radius 1 is 1.10 bits per heavy atom. The topological polar surface area (TPSA) is 52.7 Å². The molecule has 124 valence electrons. The van der Waals surface area contributed by atoms with Crippen LogP contribution in [0.4, 0.5) is 0 Å². The standard InChI is InChI=1S/C15H31N3O2S/c1-2-16-9-4-7-13-21(19,20)18-12-8-15(14-18)17-10-5-3-6-11-17/h15-16H,2-14H2,1H3. The second-order valence-electron chi connectivity index (χ2n) is 6.27. The van der Waals surface area contributed by atoms with E-state index in [0.29, 0.717) is 11.8 Å². The van der Waals surface area contributed by atoms with Gasteiger partial charge in [0, 0.05) is 19.1 Å². The minimum atomic E-state index is -3.04. The summed E-state index contributed by atoms with van der Waals surface area (Å²) in [5.74, 6) is 0.311. The van der Waals surface area contributed by atoms with E-state index in [2.05, 4.69) is 17.1 Å². The molecule has 0 amide bonds. The molecule has 0 spiro atoms. The fraction of sp³-hybridized carbons (Fsp3) is 1.00. The quantitative estimate of drug-likeness (QED) is 0.685. The van der Waals surface area contributed by atoms with Crippen molar-refractivity contribution in [2.75, 3.05) is 45.0 Å². The van der Waals surface area contributed by atoms with Crippen molar-refractivity contribution in [2.45, 2.75) is 51.5 Å². The van der Waals surface area contributed by atoms with E-state index in [0.717, 1.165) is 58.5 Å². The van der Waals surface area contributed by atoms with E-state index < -0.39 is 10.0 Å². The first kappa shape index (κ1) is 17.2. The zero-order valence-corrected chi connectivity index (χ0v) is 14.2. The lowest BCUT2D eigenvalue weighted by Gasteiger charge is -2.32. The number of piperidine rings is 1. The number of hydrogen-bond acceptors (Lipinski definition) is 4. The van der Waals surface area contributed by atoms with Gasteiger partial charge in [0.15, 0.2) is 0 Å². The monoisotopic (exact) mass is 317 g/mol. The van der Waals surface area contributed by atoms with E-state index in [1.807, 2.05) is 0 Å². The fourth-order valence-corrected chi connectivity index (χ4v) is 5.00. The lowest BCUT2D eigenvalue weighted by Crippen LogP contribution is -2.42. The summed E-state index contributed by atoms with van der Waals surface area (Å²) >= 11 is 0. The Balaban J connectivity index is 1.73. The molecule has 0 aromatic carbocycles. The van der Waals surface area contributed by atoms with Gasteiger partial charge in [-0.15, -0.1) is 0 Å². The van der Waals surface area contributed by atoms with Crippen LogP contribution in [-0.4, -0.2) is 68.7 Å². The van der Waals surface area contributed by atoms with E-state index in [4.69, 9.17) is 0 Å². The second kappa shape index (κ2) is 8.46. The summed E-state index contributed by atoms with van der Waals surface area (Å²) in [5, 5.41) is 3.24. The predicted molar refractivity (Wildman–Crippen MR) is 87.0 cm³/mol. The molecule has 21 heavy (non-hydrogen) atoms. The van der Waals surface area contributed by atoms with Gasteiger partial charge in [-0.05, 0) is 58.3 Å². The molecule has 0 saturated carbocycles. The van der Waals surface area contributed by atoms with Gasteiger partial charge in [0.25, 0.3) is 0 Å². The van der Waals surface area contributed by atoms with E-state index in [1.165, 1.54) is 19.3 Å². The van der Waals surface area contributed by atoms with Gasteiger partial charge in [-0.1, -0.05) is 13.3 Å². The molecule has 2 rings (SSSR count). The number of nitrogens with zero attached hydrogens (tertiary/aromatic N) is 2. The molecule has 1 unspecified atom stereocenters. The van der Waals surface area contributed by atoms with Crippen LogP contribution in [0.15, 0.2) is 0 Å². The third kappa shape index (κ3) is 5.20. The van der Waals surface area contributed by atoms with Crippen molar-refractivity contribution >= 4 is 10.0 Å². The van der Waals surface area contributed by atoms with E-state index >= 15 is 0 Å². The summed E-state index contributed by atoms with van der Waals surface area (Å²) in [6.07, 6.45) is 6.59. The van der Waals surface area contributed by atoms with Crippen LogP contribution < -0.4 is 5.32 Å². The molecule has 0 bridgehead atoms. The normalized spacial score (nSPS) is 25.5. The van der Waals surface area contributed by atoms with Gasteiger partial charge in [-0.25, -0.2) is 12.7 Å². The van der Waals surface area contributed by atoms with Crippen LogP contribution in [0.2, 0.25) is 0 Å². The van der Waals surface area contributed by atoms with Crippen molar-refractivity contribution in [3.63, 3.8) is 0 Å². The minimum absolute atomic E-state index is 0.311. The van der Waals surface area contributed by atoms with Crippen molar-refractivity contribution in [1.29, 1.82) is 0 Å². The van der Waals surface area contributed by atoms with E-state index in [-0.39, 0.29) is 0 Å². The van der Waals surface area contributed by atoms with Crippen LogP contribution in [0.25, 0.3) is 0 Å². The zero-order chi connectivity index (χ0) is 15.1. The molecule has 1 atom stereocenters. The van der Waals surface area contributed by atoms with Crippen LogP contribution in [0.1, 0.15) is 45.4 Å². The van der Waals surface area contributed by atoms with Crippen molar-refractivity contribution < 1.29 is 8.42 Å². The van der Waals surface area contributed by atoms with Crippen molar-refractivity contribution in [3.8, 4) is 0 Å². The molecule has 0 aromatic rings. The predicted octanol–water partition coefficient (Wildman–Crippen LogP) is 1.27. The molecule has 2 aliphatic heterocycles. The number of unbranched alkanes of at least 4 members (excludes halogenated alkanes) is 1. The molecular weight excluding hydrogens is 286 g/mol. The molecule has 5 nitrogen and oxygen atoms in total. The largest absolute Gasteiger partial charge is 0.317 e. The smallest absolute Gasteiger partial charge is 0.214 e. The fourth-order valence-electron chi connectivity index (χ4n) is 3.39. The van der Waals surface area contributed by atoms with Crippen LogP contribution in [-0.2, 0) is 10.0 Å². The summed E-state index contributed by atoms with van der Waals surface area (Å²) in [5.41, 5.74) is 0. The summed E-state index contributed by atoms with van der Waals surface area (Å²) < 4.78 is 26.5. The maximum Gasteiger partial charge on any atom is 0.214 e. The Morgan fingerprint density at radius 2 is 1.86 bits per heavy atom. The van der Waals surface area contributed by atoms with Gasteiger partial charge in [0.1, 0.15) is 0 Å². The maximum absolute atomic E-state index is 12.4. The SMILES string of the molecule is CCNCCCCS(=O)(=O)N1CCC(N2CCCCC2)C1. The highest BCUT2D eigenvalue weighted by Crippen LogP contribution is 2.22. The molecule has 6 heteroatoms. The highest BCUT2D eigenvalue weighted by molar-refractivity contribution is 7.89. The molecule has 0 aliphatic carbocycles. The van der Waals surface area contributed by atoms with Gasteiger partial charge >= 0.3 is 0 Å². The first-order valence-electron chi connectivity index (χ1n) is 8.56. The molecule has 0 radical (unpaired) electrons. The minimum Gasteiger partial charge on any atom is -0.317 e. The van der Waals surface area contributed by atoms with Gasteiger partial charge < -0.3 is 5.32 Å². The Bertz CT molecular complexity index is 394. The third-order valence-corrected chi connectivity index (χ3v) is 6.61. The number of hydrogen-bond donors (Lipinski definition) is 1. The molecular formula is C15H31N3O2S. The summed E-state index contributed by atoms with van der Waals surface area (Å²) in [4.78, 5) is 2.50. The average Bonchev–Trinajstić information content (AvgIpc) is 2.99. The van der Waals surface area contributed by atoms with Crippen molar-refractivity contribution in [1.82, 2.24) is 14.5 Å². The molecule has 2 heterocycles. The number of likely N-dealkylation sites (tertiary alicyclic amines) is 1. The Kier molecular flexibility index (Phi) is 6.92. The van der Waals surface area contributed by atoms with E-state index in [9.17, 15) is 8.42 Å². The lowest BCUT2D eigenvalue weighted by molar-refractivity contribution is 0.169. The Morgan fingerprint density at radius 3 is 2.57 bits per heavy atom. The highest BCUT2D eigenvalue weighted by atomic mass is 32.2. The molecule has 1 N–H and O–H groups in total. The van der Waals surface area contributed by atoms with Crippen LogP contribution in [0.5, 0.6) is 0 Å². The second-order valence-corrected chi connectivity index (χ2v) is 8.36. The molecule has 0 aromatic heterocycles. The van der Waals surface area contributed by atoms with Crippen molar-refractivity contribution in [2.24, 2.45) is 0 Å². The molecule has 2 aliphatic rings. The molecule has 2 fully saturated rings. The number of nitrogens with one attached hydrogen (secondary N) is 1. The van der Waals surface area contributed by atoms with Gasteiger partial charge in [-0.2, -0.15) is 0 Å². The zero-order valence-electron chi connectivity index (χ0n) is 13.4. The Hall–Kier alpha value is -0.170. The number of sulfonamides is 1. The van der Waals surface area contributed by atoms with Crippen LogP contribution in [0, 0.1) is 0 Å². The highest BCUT2D eigenvalue weighted by Gasteiger charge is 2.34. The first-order valence-corrected chi connectivity index (χ1v) is 10.2.